The van der Waals surface area contributed by atoms with Gasteiger partial charge in [0.05, 0.1) is 0 Å². The molecule has 0 aromatic heterocycles. The molecule has 0 spiro atoms. The van der Waals surface area contributed by atoms with E-state index < -0.39 is 0 Å². The molecule has 0 radical (unpaired) electrons. The van der Waals surface area contributed by atoms with Gasteiger partial charge in [0.1, 0.15) is 0 Å². The van der Waals surface area contributed by atoms with Crippen LogP contribution in [-0.2, 0) is 0 Å². The maximum Gasteiger partial charge on any atom is 0.0406 e. The van der Waals surface area contributed by atoms with E-state index in [0.717, 1.165) is 16.5 Å². The van der Waals surface area contributed by atoms with E-state index in [1.165, 1.54) is 24.0 Å². The zero-order valence-corrected chi connectivity index (χ0v) is 15.7. The second-order valence-electron chi connectivity index (χ2n) is 6.65. The van der Waals surface area contributed by atoms with Crippen molar-refractivity contribution in [1.29, 1.82) is 0 Å². The minimum Gasteiger partial charge on any atom is -0.103 e. The second-order valence-corrected chi connectivity index (χ2v) is 7.52. The average molecular weight is 369 g/mol. The summed E-state index contributed by atoms with van der Waals surface area (Å²) in [6.07, 6.45) is 14.5. The van der Waals surface area contributed by atoms with Gasteiger partial charge in [0.25, 0.3) is 0 Å². The summed E-state index contributed by atoms with van der Waals surface area (Å²) in [5.74, 6) is 0.678. The number of allylic oxidation sites excluding steroid dienone is 3. The highest BCUT2D eigenvalue weighted by Crippen LogP contribution is 2.58. The van der Waals surface area contributed by atoms with Gasteiger partial charge >= 0.3 is 0 Å². The fraction of sp³-hybridized carbons (Fsp3) is 0.217. The Morgan fingerprint density at radius 2 is 1.36 bits per heavy atom. The van der Waals surface area contributed by atoms with Gasteiger partial charge in [-0.2, -0.15) is 0 Å². The molecule has 1 fully saturated rings. The van der Waals surface area contributed by atoms with Gasteiger partial charge in [-0.05, 0) is 60.6 Å². The molecule has 1 aliphatic carbocycles. The summed E-state index contributed by atoms with van der Waals surface area (Å²) in [5, 5.41) is 1.54. The van der Waals surface area contributed by atoms with Crippen LogP contribution in [0.1, 0.15) is 30.4 Å². The van der Waals surface area contributed by atoms with Crippen LogP contribution in [0.25, 0.3) is 12.2 Å². The molecule has 0 amide bonds. The zero-order chi connectivity index (χ0) is 17.7. The predicted molar refractivity (Wildman–Crippen MR) is 111 cm³/mol. The second kappa shape index (κ2) is 8.08. The maximum absolute atomic E-state index is 5.97. The molecule has 0 nitrogen and oxygen atoms in total. The standard InChI is InChI=1S/C23H22Cl2/c1-2-3-4-20-17-23(20,15-13-18-5-9-21(24)10-6-18)16-14-19-7-11-22(25)12-8-19/h2,5-16,20H,1,3-4,17H2/b15-13+,16-14+. The van der Waals surface area contributed by atoms with Crippen molar-refractivity contribution in [3.05, 3.63) is 94.5 Å². The summed E-state index contributed by atoms with van der Waals surface area (Å²) in [4.78, 5) is 0. The largest absolute Gasteiger partial charge is 0.103 e. The van der Waals surface area contributed by atoms with Crippen molar-refractivity contribution in [2.45, 2.75) is 19.3 Å². The molecular formula is C23H22Cl2. The highest BCUT2D eigenvalue weighted by Gasteiger charge is 2.48. The van der Waals surface area contributed by atoms with Crippen LogP contribution in [0.2, 0.25) is 10.0 Å². The maximum atomic E-state index is 5.97. The summed E-state index contributed by atoms with van der Waals surface area (Å²) < 4.78 is 0. The molecule has 2 aromatic carbocycles. The van der Waals surface area contributed by atoms with Crippen LogP contribution in [-0.4, -0.2) is 0 Å². The number of halogens is 2. The van der Waals surface area contributed by atoms with Crippen molar-refractivity contribution >= 4 is 35.4 Å². The Kier molecular flexibility index (Phi) is 5.83. The van der Waals surface area contributed by atoms with Crippen LogP contribution >= 0.6 is 23.2 Å². The molecule has 0 bridgehead atoms. The van der Waals surface area contributed by atoms with Gasteiger partial charge < -0.3 is 0 Å². The first-order valence-corrected chi connectivity index (χ1v) is 9.37. The molecule has 1 saturated carbocycles. The molecule has 2 aromatic rings. The van der Waals surface area contributed by atoms with Crippen molar-refractivity contribution in [2.24, 2.45) is 11.3 Å². The molecule has 3 rings (SSSR count). The molecule has 0 heterocycles. The first-order chi connectivity index (χ1) is 12.1. The minimum absolute atomic E-state index is 0.141. The van der Waals surface area contributed by atoms with Crippen LogP contribution in [0.4, 0.5) is 0 Å². The van der Waals surface area contributed by atoms with Crippen LogP contribution < -0.4 is 0 Å². The third kappa shape index (κ3) is 4.87. The summed E-state index contributed by atoms with van der Waals surface area (Å²) >= 11 is 11.9. The van der Waals surface area contributed by atoms with Gasteiger partial charge in [0.2, 0.25) is 0 Å². The lowest BCUT2D eigenvalue weighted by atomic mass is 9.97. The summed E-state index contributed by atoms with van der Waals surface area (Å²) in [5.41, 5.74) is 2.50. The minimum atomic E-state index is 0.141. The van der Waals surface area contributed by atoms with E-state index in [-0.39, 0.29) is 5.41 Å². The molecule has 0 aliphatic heterocycles. The average Bonchev–Trinajstić information content (AvgIpc) is 3.32. The first kappa shape index (κ1) is 18.0. The Balaban J connectivity index is 1.77. The van der Waals surface area contributed by atoms with Crippen molar-refractivity contribution in [2.75, 3.05) is 0 Å². The third-order valence-electron chi connectivity index (χ3n) is 4.83. The van der Waals surface area contributed by atoms with Gasteiger partial charge in [-0.25, -0.2) is 0 Å². The topological polar surface area (TPSA) is 0 Å². The smallest absolute Gasteiger partial charge is 0.0406 e. The number of rotatable bonds is 7. The zero-order valence-electron chi connectivity index (χ0n) is 14.2. The fourth-order valence-electron chi connectivity index (χ4n) is 3.17. The van der Waals surface area contributed by atoms with Crippen molar-refractivity contribution < 1.29 is 0 Å². The van der Waals surface area contributed by atoms with Crippen LogP contribution in [0, 0.1) is 11.3 Å². The molecular weight excluding hydrogens is 347 g/mol. The van der Waals surface area contributed by atoms with Gasteiger partial charge in [-0.1, -0.05) is 77.8 Å². The van der Waals surface area contributed by atoms with E-state index >= 15 is 0 Å². The Morgan fingerprint density at radius 3 is 1.80 bits per heavy atom. The van der Waals surface area contributed by atoms with Crippen LogP contribution in [0.15, 0.2) is 73.3 Å². The molecule has 25 heavy (non-hydrogen) atoms. The molecule has 128 valence electrons. The number of hydrogen-bond acceptors (Lipinski definition) is 0. The molecule has 2 heteroatoms. The Morgan fingerprint density at radius 1 is 0.880 bits per heavy atom. The van der Waals surface area contributed by atoms with E-state index in [4.69, 9.17) is 23.2 Å². The monoisotopic (exact) mass is 368 g/mol. The Labute approximate surface area is 160 Å². The van der Waals surface area contributed by atoms with E-state index in [2.05, 4.69) is 55.1 Å². The quantitative estimate of drug-likeness (QED) is 0.439. The molecule has 1 unspecified atom stereocenters. The summed E-state index contributed by atoms with van der Waals surface area (Å²) in [7, 11) is 0. The lowest BCUT2D eigenvalue weighted by Crippen LogP contribution is -1.95. The van der Waals surface area contributed by atoms with Crippen molar-refractivity contribution in [1.82, 2.24) is 0 Å². The normalized spacial score (nSPS) is 18.7. The molecule has 1 aliphatic rings. The van der Waals surface area contributed by atoms with Crippen molar-refractivity contribution in [3.63, 3.8) is 0 Å². The van der Waals surface area contributed by atoms with E-state index in [9.17, 15) is 0 Å². The number of hydrogen-bond donors (Lipinski definition) is 0. The van der Waals surface area contributed by atoms with Gasteiger partial charge in [-0.15, -0.1) is 6.58 Å². The van der Waals surface area contributed by atoms with Crippen LogP contribution in [0.5, 0.6) is 0 Å². The molecule has 0 saturated heterocycles. The highest BCUT2D eigenvalue weighted by atomic mass is 35.5. The Hall–Kier alpha value is -1.76. The van der Waals surface area contributed by atoms with E-state index in [0.29, 0.717) is 5.92 Å². The van der Waals surface area contributed by atoms with Gasteiger partial charge in [-0.3, -0.25) is 0 Å². The first-order valence-electron chi connectivity index (χ1n) is 8.62. The lowest BCUT2D eigenvalue weighted by molar-refractivity contribution is 0.643. The SMILES string of the molecule is C=CCCC1CC1(/C=C/c1ccc(Cl)cc1)/C=C/c1ccc(Cl)cc1. The molecule has 0 N–H and O–H groups in total. The highest BCUT2D eigenvalue weighted by molar-refractivity contribution is 6.30. The van der Waals surface area contributed by atoms with Gasteiger partial charge in [0.15, 0.2) is 0 Å². The fourth-order valence-corrected chi connectivity index (χ4v) is 3.42. The van der Waals surface area contributed by atoms with Crippen LogP contribution in [0.3, 0.4) is 0 Å². The van der Waals surface area contributed by atoms with Gasteiger partial charge in [0, 0.05) is 15.5 Å². The third-order valence-corrected chi connectivity index (χ3v) is 5.34. The lowest BCUT2D eigenvalue weighted by Gasteiger charge is -2.08. The summed E-state index contributed by atoms with van der Waals surface area (Å²) in [6.45, 7) is 3.85. The summed E-state index contributed by atoms with van der Waals surface area (Å²) in [6, 6.07) is 15.9. The Bertz CT molecular complexity index is 711. The van der Waals surface area contributed by atoms with E-state index in [1.54, 1.807) is 0 Å². The van der Waals surface area contributed by atoms with E-state index in [1.807, 2.05) is 30.3 Å². The van der Waals surface area contributed by atoms with Crippen molar-refractivity contribution in [3.8, 4) is 0 Å². The predicted octanol–water partition coefficient (Wildman–Crippen LogP) is 7.69. The molecule has 1 atom stereocenters. The number of benzene rings is 2.